The quantitative estimate of drug-likeness (QED) is 0.779. The van der Waals surface area contributed by atoms with E-state index in [1.165, 1.54) is 25.7 Å². The molecule has 0 aromatic carbocycles. The van der Waals surface area contributed by atoms with Crippen LogP contribution in [0.2, 0.25) is 0 Å². The molecule has 1 aliphatic rings. The van der Waals surface area contributed by atoms with Gasteiger partial charge in [-0.05, 0) is 19.8 Å². The van der Waals surface area contributed by atoms with Crippen LogP contribution in [0.5, 0.6) is 0 Å². The van der Waals surface area contributed by atoms with Crippen molar-refractivity contribution in [1.82, 2.24) is 4.98 Å². The summed E-state index contributed by atoms with van der Waals surface area (Å²) in [6.07, 6.45) is 6.30. The van der Waals surface area contributed by atoms with Gasteiger partial charge in [0.2, 0.25) is 0 Å². The van der Waals surface area contributed by atoms with Gasteiger partial charge in [0.15, 0.2) is 5.13 Å². The fourth-order valence-electron chi connectivity index (χ4n) is 2.28. The molecule has 5 heteroatoms. The van der Waals surface area contributed by atoms with Crippen LogP contribution < -0.4 is 4.90 Å². The summed E-state index contributed by atoms with van der Waals surface area (Å²) in [5, 5.41) is 3.18. The fraction of sp³-hybridized carbons (Fsp3) is 0.714. The first-order valence-corrected chi connectivity index (χ1v) is 8.02. The van der Waals surface area contributed by atoms with Crippen LogP contribution in [0.15, 0.2) is 5.38 Å². The molecule has 0 unspecified atom stereocenters. The Morgan fingerprint density at radius 2 is 2.11 bits per heavy atom. The number of aromatic nitrogens is 1. The third-order valence-electron chi connectivity index (χ3n) is 3.31. The lowest BCUT2D eigenvalue weighted by Gasteiger charge is -2.18. The standard InChI is InChI=1S/C14H22N2O2S/c1-2-18-13(17)8-7-12-11-19-14(15-12)16-9-5-3-4-6-10-16/h11H,2-10H2,1H3. The Hall–Kier alpha value is -1.10. The number of esters is 1. The predicted octanol–water partition coefficient (Wildman–Crippen LogP) is 3.02. The van der Waals surface area contributed by atoms with E-state index in [2.05, 4.69) is 15.3 Å². The van der Waals surface area contributed by atoms with Crippen LogP contribution in [0.25, 0.3) is 0 Å². The molecule has 0 atom stereocenters. The maximum atomic E-state index is 11.3. The maximum absolute atomic E-state index is 11.3. The van der Waals surface area contributed by atoms with Gasteiger partial charge in [0, 0.05) is 24.9 Å². The zero-order valence-corrected chi connectivity index (χ0v) is 12.4. The van der Waals surface area contributed by atoms with Crippen molar-refractivity contribution in [2.24, 2.45) is 0 Å². The molecule has 4 nitrogen and oxygen atoms in total. The van der Waals surface area contributed by atoms with Gasteiger partial charge < -0.3 is 9.64 Å². The molecule has 0 spiro atoms. The minimum absolute atomic E-state index is 0.133. The van der Waals surface area contributed by atoms with Gasteiger partial charge in [-0.15, -0.1) is 11.3 Å². The van der Waals surface area contributed by atoms with Gasteiger partial charge in [0.05, 0.1) is 18.7 Å². The SMILES string of the molecule is CCOC(=O)CCc1csc(N2CCCCCC2)n1. The Kier molecular flexibility index (Phi) is 5.63. The van der Waals surface area contributed by atoms with E-state index in [9.17, 15) is 4.79 Å². The second kappa shape index (κ2) is 7.48. The van der Waals surface area contributed by atoms with Crippen molar-refractivity contribution in [2.75, 3.05) is 24.6 Å². The Morgan fingerprint density at radius 1 is 1.37 bits per heavy atom. The molecule has 1 fully saturated rings. The van der Waals surface area contributed by atoms with E-state index in [1.54, 1.807) is 11.3 Å². The normalized spacial score (nSPS) is 16.2. The predicted molar refractivity (Wildman–Crippen MR) is 77.7 cm³/mol. The van der Waals surface area contributed by atoms with E-state index < -0.39 is 0 Å². The molecule has 1 aromatic heterocycles. The van der Waals surface area contributed by atoms with Crippen molar-refractivity contribution in [3.05, 3.63) is 11.1 Å². The molecule has 2 heterocycles. The minimum Gasteiger partial charge on any atom is -0.466 e. The van der Waals surface area contributed by atoms with Crippen LogP contribution in [-0.4, -0.2) is 30.6 Å². The number of ether oxygens (including phenoxy) is 1. The van der Waals surface area contributed by atoms with E-state index in [-0.39, 0.29) is 5.97 Å². The zero-order valence-electron chi connectivity index (χ0n) is 11.6. The highest BCUT2D eigenvalue weighted by molar-refractivity contribution is 7.13. The molecule has 0 aliphatic carbocycles. The van der Waals surface area contributed by atoms with Gasteiger partial charge in [-0.2, -0.15) is 0 Å². The molecule has 1 aliphatic heterocycles. The van der Waals surface area contributed by atoms with Crippen LogP contribution in [0, 0.1) is 0 Å². The largest absolute Gasteiger partial charge is 0.466 e. The third-order valence-corrected chi connectivity index (χ3v) is 4.26. The van der Waals surface area contributed by atoms with E-state index in [0.717, 1.165) is 23.9 Å². The first-order valence-electron chi connectivity index (χ1n) is 7.14. The molecule has 1 aromatic rings. The molecular formula is C14H22N2O2S. The van der Waals surface area contributed by atoms with Crippen LogP contribution >= 0.6 is 11.3 Å². The summed E-state index contributed by atoms with van der Waals surface area (Å²) in [5.74, 6) is -0.133. The number of hydrogen-bond acceptors (Lipinski definition) is 5. The lowest BCUT2D eigenvalue weighted by molar-refractivity contribution is -0.143. The first-order chi connectivity index (χ1) is 9.29. The molecule has 19 heavy (non-hydrogen) atoms. The van der Waals surface area contributed by atoms with Gasteiger partial charge in [-0.1, -0.05) is 12.8 Å². The van der Waals surface area contributed by atoms with E-state index in [1.807, 2.05) is 6.92 Å². The lowest BCUT2D eigenvalue weighted by atomic mass is 10.2. The average molecular weight is 282 g/mol. The second-order valence-corrected chi connectivity index (χ2v) is 5.66. The van der Waals surface area contributed by atoms with Crippen molar-refractivity contribution in [2.45, 2.75) is 45.4 Å². The van der Waals surface area contributed by atoms with Gasteiger partial charge in [0.25, 0.3) is 0 Å². The monoisotopic (exact) mass is 282 g/mol. The fourth-order valence-corrected chi connectivity index (χ4v) is 3.20. The van der Waals surface area contributed by atoms with Gasteiger partial charge in [-0.3, -0.25) is 4.79 Å². The van der Waals surface area contributed by atoms with Crippen molar-refractivity contribution >= 4 is 22.4 Å². The topological polar surface area (TPSA) is 42.4 Å². The Balaban J connectivity index is 1.85. The Bertz CT molecular complexity index is 398. The highest BCUT2D eigenvalue weighted by Crippen LogP contribution is 2.24. The van der Waals surface area contributed by atoms with Crippen LogP contribution in [0.3, 0.4) is 0 Å². The highest BCUT2D eigenvalue weighted by Gasteiger charge is 2.14. The molecule has 2 rings (SSSR count). The van der Waals surface area contributed by atoms with Gasteiger partial charge in [0.1, 0.15) is 0 Å². The molecule has 1 saturated heterocycles. The molecule has 0 amide bonds. The van der Waals surface area contributed by atoms with E-state index in [0.29, 0.717) is 19.4 Å². The molecule has 0 N–H and O–H groups in total. The van der Waals surface area contributed by atoms with E-state index in [4.69, 9.17) is 4.74 Å². The number of anilines is 1. The highest BCUT2D eigenvalue weighted by atomic mass is 32.1. The number of thiazole rings is 1. The molecule has 0 radical (unpaired) electrons. The zero-order chi connectivity index (χ0) is 13.5. The maximum Gasteiger partial charge on any atom is 0.306 e. The molecule has 106 valence electrons. The number of carbonyl (C=O) groups excluding carboxylic acids is 1. The molecular weight excluding hydrogens is 260 g/mol. The number of nitrogens with zero attached hydrogens (tertiary/aromatic N) is 2. The summed E-state index contributed by atoms with van der Waals surface area (Å²) in [7, 11) is 0. The van der Waals surface area contributed by atoms with Crippen molar-refractivity contribution in [3.8, 4) is 0 Å². The first kappa shape index (κ1) is 14.3. The molecule has 0 bridgehead atoms. The van der Waals surface area contributed by atoms with Crippen LogP contribution in [0.1, 0.15) is 44.7 Å². The number of hydrogen-bond donors (Lipinski definition) is 0. The summed E-state index contributed by atoms with van der Waals surface area (Å²) in [6, 6.07) is 0. The number of rotatable bonds is 5. The smallest absolute Gasteiger partial charge is 0.306 e. The Labute approximate surface area is 118 Å². The summed E-state index contributed by atoms with van der Waals surface area (Å²) in [4.78, 5) is 18.3. The third kappa shape index (κ3) is 4.49. The number of carbonyl (C=O) groups is 1. The van der Waals surface area contributed by atoms with Gasteiger partial charge >= 0.3 is 5.97 Å². The second-order valence-electron chi connectivity index (χ2n) is 4.83. The summed E-state index contributed by atoms with van der Waals surface area (Å²) in [6.45, 7) is 4.52. The summed E-state index contributed by atoms with van der Waals surface area (Å²) in [5.41, 5.74) is 1.01. The minimum atomic E-state index is -0.133. The average Bonchev–Trinajstić information content (AvgIpc) is 2.71. The Morgan fingerprint density at radius 3 is 2.79 bits per heavy atom. The van der Waals surface area contributed by atoms with Crippen molar-refractivity contribution in [1.29, 1.82) is 0 Å². The van der Waals surface area contributed by atoms with Crippen LogP contribution in [-0.2, 0) is 16.0 Å². The number of aryl methyl sites for hydroxylation is 1. The van der Waals surface area contributed by atoms with Crippen LogP contribution in [0.4, 0.5) is 5.13 Å². The summed E-state index contributed by atoms with van der Waals surface area (Å²) >= 11 is 1.69. The summed E-state index contributed by atoms with van der Waals surface area (Å²) < 4.78 is 4.93. The molecule has 0 saturated carbocycles. The van der Waals surface area contributed by atoms with Crippen molar-refractivity contribution < 1.29 is 9.53 Å². The van der Waals surface area contributed by atoms with E-state index >= 15 is 0 Å². The van der Waals surface area contributed by atoms with Crippen molar-refractivity contribution in [3.63, 3.8) is 0 Å². The lowest BCUT2D eigenvalue weighted by Crippen LogP contribution is -2.23. The van der Waals surface area contributed by atoms with Gasteiger partial charge in [-0.25, -0.2) is 4.98 Å².